The highest BCUT2D eigenvalue weighted by molar-refractivity contribution is 5.36. The van der Waals surface area contributed by atoms with Crippen LogP contribution in [0, 0.1) is 0 Å². The summed E-state index contributed by atoms with van der Waals surface area (Å²) < 4.78 is 0.440. The lowest BCUT2D eigenvalue weighted by Crippen LogP contribution is -2.46. The Bertz CT molecular complexity index is 701. The van der Waals surface area contributed by atoms with Crippen molar-refractivity contribution in [3.63, 3.8) is 0 Å². The first-order valence-corrected chi connectivity index (χ1v) is 4.45. The van der Waals surface area contributed by atoms with Crippen molar-refractivity contribution in [3.8, 4) is 0 Å². The lowest BCUT2D eigenvalue weighted by molar-refractivity contribution is 0.726. The van der Waals surface area contributed by atoms with Crippen LogP contribution >= 0.6 is 0 Å². The molecule has 0 unspecified atom stereocenters. The summed E-state index contributed by atoms with van der Waals surface area (Å²) in [7, 11) is 0. The van der Waals surface area contributed by atoms with E-state index in [4.69, 9.17) is 11.5 Å². The summed E-state index contributed by atoms with van der Waals surface area (Å²) in [5.41, 5.74) is 9.89. The van der Waals surface area contributed by atoms with Crippen LogP contribution in [0.3, 0.4) is 0 Å². The number of H-pyrrole nitrogens is 2. The zero-order valence-electron chi connectivity index (χ0n) is 8.67. The highest BCUT2D eigenvalue weighted by atomic mass is 16.2. The van der Waals surface area contributed by atoms with Crippen LogP contribution in [0.1, 0.15) is 0 Å². The third-order valence-electron chi connectivity index (χ3n) is 1.73. The van der Waals surface area contributed by atoms with Gasteiger partial charge in [-0.15, -0.1) is 4.68 Å². The number of aromatic nitrogens is 6. The van der Waals surface area contributed by atoms with Gasteiger partial charge in [0, 0.05) is 0 Å². The quantitative estimate of drug-likeness (QED) is 0.360. The van der Waals surface area contributed by atoms with Gasteiger partial charge < -0.3 is 11.5 Å². The lowest BCUT2D eigenvalue weighted by atomic mass is 10.8. The number of nitrogen functional groups attached to an aromatic ring is 2. The van der Waals surface area contributed by atoms with Crippen molar-refractivity contribution in [1.82, 2.24) is 29.6 Å². The van der Waals surface area contributed by atoms with Crippen molar-refractivity contribution in [1.29, 1.82) is 0 Å². The zero-order valence-corrected chi connectivity index (χ0v) is 8.67. The van der Waals surface area contributed by atoms with E-state index >= 15 is 0 Å². The maximum Gasteiger partial charge on any atom is 0.353 e. The number of anilines is 3. The number of nitrogens with zero attached hydrogens (tertiary/aromatic N) is 4. The Kier molecular flexibility index (Phi) is 2.52. The highest BCUT2D eigenvalue weighted by Gasteiger charge is 2.06. The molecule has 0 aliphatic heterocycles. The van der Waals surface area contributed by atoms with Gasteiger partial charge in [0.05, 0.1) is 0 Å². The Morgan fingerprint density at radius 1 is 0.944 bits per heavy atom. The molecule has 2 heterocycles. The molecule has 0 spiro atoms. The van der Waals surface area contributed by atoms with E-state index in [-0.39, 0.29) is 17.8 Å². The second kappa shape index (κ2) is 4.00. The summed E-state index contributed by atoms with van der Waals surface area (Å²) in [5, 5.41) is 0. The first kappa shape index (κ1) is 11.3. The smallest absolute Gasteiger partial charge is 0.353 e. The van der Waals surface area contributed by atoms with E-state index in [2.05, 4.69) is 20.4 Å². The van der Waals surface area contributed by atoms with Crippen molar-refractivity contribution >= 4 is 17.8 Å². The maximum absolute atomic E-state index is 11.3. The predicted molar refractivity (Wildman–Crippen MR) is 59.6 cm³/mol. The number of rotatable bonds is 2. The summed E-state index contributed by atoms with van der Waals surface area (Å²) >= 11 is 0. The van der Waals surface area contributed by atoms with Gasteiger partial charge in [-0.3, -0.25) is 15.4 Å². The highest BCUT2D eigenvalue weighted by Crippen LogP contribution is 2.01. The predicted octanol–water partition coefficient (Wildman–Crippen LogP) is -3.55. The van der Waals surface area contributed by atoms with Crippen LogP contribution in [-0.4, -0.2) is 29.6 Å². The topological polar surface area (TPSA) is 190 Å². The minimum absolute atomic E-state index is 0.195. The molecular weight excluding hydrogens is 246 g/mol. The standard InChI is InChI=1S/C6H7N9O3/c7-1-9-2(8)11-3(10-1)14-15-5(17)12-4(16)13-6(15)18/h(H2,12,13,16,17,18)(H5,7,8,9,10,11,14). The second-order valence-electron chi connectivity index (χ2n) is 3.01. The number of aromatic amines is 2. The molecule has 0 saturated carbocycles. The largest absolute Gasteiger partial charge is 0.368 e. The van der Waals surface area contributed by atoms with Gasteiger partial charge in [-0.25, -0.2) is 14.4 Å². The Hall–Kier alpha value is -3.18. The molecule has 94 valence electrons. The average Bonchev–Trinajstić information content (AvgIpc) is 2.22. The first-order chi connectivity index (χ1) is 8.45. The SMILES string of the molecule is Nc1nc(N)nc(Nn2c(=O)[nH]c(=O)[nH]c2=O)n1. The Balaban J connectivity index is 2.50. The van der Waals surface area contributed by atoms with Gasteiger partial charge in [0.15, 0.2) is 0 Å². The summed E-state index contributed by atoms with van der Waals surface area (Å²) in [4.78, 5) is 47.8. The second-order valence-corrected chi connectivity index (χ2v) is 3.01. The molecule has 0 saturated heterocycles. The van der Waals surface area contributed by atoms with Crippen molar-refractivity contribution < 1.29 is 0 Å². The third kappa shape index (κ3) is 2.16. The molecule has 12 heteroatoms. The number of nitrogens with one attached hydrogen (secondary N) is 3. The van der Waals surface area contributed by atoms with E-state index in [1.165, 1.54) is 0 Å². The lowest BCUT2D eigenvalue weighted by Gasteiger charge is -2.05. The summed E-state index contributed by atoms with van der Waals surface area (Å²) in [6.07, 6.45) is 0. The van der Waals surface area contributed by atoms with Crippen molar-refractivity contribution in [2.24, 2.45) is 0 Å². The number of nitrogens with two attached hydrogens (primary N) is 2. The monoisotopic (exact) mass is 253 g/mol. The fourth-order valence-corrected chi connectivity index (χ4v) is 1.09. The van der Waals surface area contributed by atoms with E-state index in [1.54, 1.807) is 0 Å². The first-order valence-electron chi connectivity index (χ1n) is 4.45. The fraction of sp³-hybridized carbons (Fsp3) is 0. The number of hydrogen-bond acceptors (Lipinski definition) is 9. The van der Waals surface area contributed by atoms with Gasteiger partial charge in [0.1, 0.15) is 0 Å². The molecule has 0 fully saturated rings. The van der Waals surface area contributed by atoms with Gasteiger partial charge in [0.2, 0.25) is 17.8 Å². The van der Waals surface area contributed by atoms with Crippen LogP contribution in [0.5, 0.6) is 0 Å². The normalized spacial score (nSPS) is 10.2. The Morgan fingerprint density at radius 3 is 1.94 bits per heavy atom. The molecule has 2 aromatic rings. The molecule has 0 radical (unpaired) electrons. The molecule has 0 atom stereocenters. The third-order valence-corrected chi connectivity index (χ3v) is 1.73. The van der Waals surface area contributed by atoms with Crippen LogP contribution in [-0.2, 0) is 0 Å². The van der Waals surface area contributed by atoms with Crippen molar-refractivity contribution in [2.45, 2.75) is 0 Å². The molecule has 0 aliphatic carbocycles. The van der Waals surface area contributed by atoms with Crippen LogP contribution in [0.2, 0.25) is 0 Å². The van der Waals surface area contributed by atoms with Crippen molar-refractivity contribution in [3.05, 3.63) is 31.5 Å². The average molecular weight is 253 g/mol. The molecule has 0 aromatic carbocycles. The van der Waals surface area contributed by atoms with Crippen LogP contribution in [0.15, 0.2) is 14.4 Å². The van der Waals surface area contributed by atoms with E-state index < -0.39 is 17.1 Å². The summed E-state index contributed by atoms with van der Waals surface area (Å²) in [6.45, 7) is 0. The van der Waals surface area contributed by atoms with Gasteiger partial charge in [0.25, 0.3) is 0 Å². The molecular formula is C6H7N9O3. The zero-order chi connectivity index (χ0) is 13.3. The van der Waals surface area contributed by atoms with Crippen LogP contribution in [0.4, 0.5) is 17.8 Å². The molecule has 12 nitrogen and oxygen atoms in total. The molecule has 2 aromatic heterocycles. The molecule has 7 N–H and O–H groups in total. The van der Waals surface area contributed by atoms with Crippen molar-refractivity contribution in [2.75, 3.05) is 16.9 Å². The molecule has 2 rings (SSSR count). The van der Waals surface area contributed by atoms with Gasteiger partial charge in [-0.1, -0.05) is 0 Å². The maximum atomic E-state index is 11.3. The van der Waals surface area contributed by atoms with E-state index in [0.29, 0.717) is 4.68 Å². The number of hydrogen-bond donors (Lipinski definition) is 5. The Morgan fingerprint density at radius 2 is 1.44 bits per heavy atom. The molecule has 0 bridgehead atoms. The molecule has 0 aliphatic rings. The minimum atomic E-state index is -0.999. The van der Waals surface area contributed by atoms with E-state index in [1.807, 2.05) is 9.97 Å². The van der Waals surface area contributed by atoms with Gasteiger partial charge in [-0.2, -0.15) is 15.0 Å². The summed E-state index contributed by atoms with van der Waals surface area (Å²) in [6, 6.07) is 0. The summed E-state index contributed by atoms with van der Waals surface area (Å²) in [5.74, 6) is -0.613. The van der Waals surface area contributed by atoms with Crippen LogP contribution in [0.25, 0.3) is 0 Å². The Labute approximate surface area is 96.7 Å². The fourth-order valence-electron chi connectivity index (χ4n) is 1.09. The van der Waals surface area contributed by atoms with Gasteiger partial charge >= 0.3 is 17.1 Å². The van der Waals surface area contributed by atoms with E-state index in [0.717, 1.165) is 0 Å². The van der Waals surface area contributed by atoms with Gasteiger partial charge in [-0.05, 0) is 0 Å². The van der Waals surface area contributed by atoms with Crippen LogP contribution < -0.4 is 34.0 Å². The molecule has 18 heavy (non-hydrogen) atoms. The molecule has 0 amide bonds. The minimum Gasteiger partial charge on any atom is -0.368 e. The van der Waals surface area contributed by atoms with E-state index in [9.17, 15) is 14.4 Å².